The average molecular weight is 292 g/mol. The maximum absolute atomic E-state index is 10.5. The molecule has 0 saturated carbocycles. The number of carboxylic acids is 1. The molecule has 0 radical (unpaired) electrons. The second kappa shape index (κ2) is 5.39. The Labute approximate surface area is 101 Å². The Balaban J connectivity index is 2.79. The molecule has 1 unspecified atom stereocenters. The van der Waals surface area contributed by atoms with E-state index in [0.29, 0.717) is 10.2 Å². The molecule has 0 fully saturated rings. The third-order valence-electron chi connectivity index (χ3n) is 1.87. The van der Waals surface area contributed by atoms with Crippen molar-refractivity contribution in [2.75, 3.05) is 0 Å². The first-order chi connectivity index (χ1) is 7.04. The van der Waals surface area contributed by atoms with Crippen LogP contribution in [0.5, 0.6) is 5.75 Å². The molecule has 0 bridgehead atoms. The molecule has 82 valence electrons. The van der Waals surface area contributed by atoms with Gasteiger partial charge in [-0.25, -0.2) is 0 Å². The topological polar surface area (TPSA) is 72.5 Å². The monoisotopic (exact) mass is 291 g/mol. The number of aliphatic carboxylic acids is 1. The van der Waals surface area contributed by atoms with E-state index in [1.807, 2.05) is 0 Å². The third-order valence-corrected chi connectivity index (χ3v) is 2.68. The molecule has 0 aromatic heterocycles. The largest absolute Gasteiger partial charge is 0.480 e. The van der Waals surface area contributed by atoms with Crippen molar-refractivity contribution in [3.8, 4) is 5.75 Å². The lowest BCUT2D eigenvalue weighted by molar-refractivity contribution is -0.138. The lowest BCUT2D eigenvalue weighted by atomic mass is 10.1. The van der Waals surface area contributed by atoms with Gasteiger partial charge in [0, 0.05) is 12.9 Å². The summed E-state index contributed by atoms with van der Waals surface area (Å²) in [5.74, 6) is -0.438. The molecular weight excluding hydrogens is 282 g/mol. The van der Waals surface area contributed by atoms with Gasteiger partial charge < -0.3 is 15.0 Å². The summed E-state index contributed by atoms with van der Waals surface area (Å²) in [6.45, 7) is 0. The van der Waals surface area contributed by atoms with E-state index in [4.69, 9.17) is 15.0 Å². The number of carbonyl (C=O) groups is 1. The second-order valence-corrected chi connectivity index (χ2v) is 4.04. The zero-order valence-electron chi connectivity index (χ0n) is 7.68. The van der Waals surface area contributed by atoms with Crippen molar-refractivity contribution in [2.24, 2.45) is 5.73 Å². The highest BCUT2D eigenvalue weighted by Gasteiger charge is 2.12. The highest BCUT2D eigenvalue weighted by Crippen LogP contribution is 2.26. The molecule has 15 heavy (non-hydrogen) atoms. The van der Waals surface area contributed by atoms with E-state index in [-0.39, 0.29) is 6.42 Å². The van der Waals surface area contributed by atoms with Gasteiger partial charge in [-0.2, -0.15) is 0 Å². The molecule has 1 atom stereocenters. The Morgan fingerprint density at radius 3 is 2.80 bits per heavy atom. The second-order valence-electron chi connectivity index (χ2n) is 3.00. The van der Waals surface area contributed by atoms with Gasteiger partial charge in [0.15, 0.2) is 5.75 Å². The van der Waals surface area contributed by atoms with Gasteiger partial charge in [0.1, 0.15) is 6.04 Å². The zero-order valence-corrected chi connectivity index (χ0v) is 10.2. The fourth-order valence-corrected chi connectivity index (χ4v) is 1.88. The molecule has 0 saturated heterocycles. The van der Waals surface area contributed by atoms with Gasteiger partial charge in [-0.1, -0.05) is 6.07 Å². The Morgan fingerprint density at radius 2 is 2.33 bits per heavy atom. The van der Waals surface area contributed by atoms with Crippen molar-refractivity contribution in [1.29, 1.82) is 0 Å². The smallest absolute Gasteiger partial charge is 0.320 e. The van der Waals surface area contributed by atoms with E-state index in [2.05, 4.69) is 28.8 Å². The molecule has 0 amide bonds. The summed E-state index contributed by atoms with van der Waals surface area (Å²) < 4.78 is 5.47. The lowest BCUT2D eigenvalue weighted by Gasteiger charge is -2.08. The fraction of sp³-hybridized carbons (Fsp3) is 0.222. The highest BCUT2D eigenvalue weighted by molar-refractivity contribution is 9.10. The molecule has 0 spiro atoms. The summed E-state index contributed by atoms with van der Waals surface area (Å²) in [5.41, 5.74) is 6.23. The molecule has 1 aromatic rings. The number of nitrogens with two attached hydrogens (primary N) is 1. The van der Waals surface area contributed by atoms with Gasteiger partial charge in [-0.15, -0.1) is 0 Å². The summed E-state index contributed by atoms with van der Waals surface area (Å²) in [6, 6.07) is 4.31. The molecule has 0 aliphatic carbocycles. The number of carboxylic acid groups (broad SMARTS) is 1. The molecule has 1 rings (SSSR count). The van der Waals surface area contributed by atoms with Crippen LogP contribution >= 0.6 is 28.8 Å². The van der Waals surface area contributed by atoms with Crippen LogP contribution in [0.25, 0.3) is 0 Å². The first-order valence-corrected chi connectivity index (χ1v) is 5.28. The van der Waals surface area contributed by atoms with Crippen molar-refractivity contribution in [3.05, 3.63) is 28.2 Å². The number of hydrogen-bond donors (Lipinski definition) is 3. The van der Waals surface area contributed by atoms with E-state index in [1.54, 1.807) is 18.2 Å². The van der Waals surface area contributed by atoms with Crippen LogP contribution in [0.2, 0.25) is 0 Å². The number of thiol groups is 1. The summed E-state index contributed by atoms with van der Waals surface area (Å²) in [6.07, 6.45) is 0.279. The van der Waals surface area contributed by atoms with Crippen LogP contribution < -0.4 is 9.92 Å². The van der Waals surface area contributed by atoms with Crippen molar-refractivity contribution >= 4 is 34.8 Å². The first-order valence-electron chi connectivity index (χ1n) is 4.13. The minimum atomic E-state index is -1.01. The lowest BCUT2D eigenvalue weighted by Crippen LogP contribution is -2.32. The maximum Gasteiger partial charge on any atom is 0.320 e. The van der Waals surface area contributed by atoms with Gasteiger partial charge >= 0.3 is 5.97 Å². The highest BCUT2D eigenvalue weighted by atomic mass is 79.9. The van der Waals surface area contributed by atoms with E-state index in [1.165, 1.54) is 0 Å². The van der Waals surface area contributed by atoms with Crippen molar-refractivity contribution in [2.45, 2.75) is 12.5 Å². The van der Waals surface area contributed by atoms with Gasteiger partial charge in [-0.3, -0.25) is 4.79 Å². The number of rotatable bonds is 4. The molecule has 0 aliphatic rings. The molecule has 3 N–H and O–H groups in total. The number of benzene rings is 1. The number of hydrogen-bond acceptors (Lipinski definition) is 4. The van der Waals surface area contributed by atoms with E-state index in [0.717, 1.165) is 5.56 Å². The fourth-order valence-electron chi connectivity index (χ4n) is 1.09. The zero-order chi connectivity index (χ0) is 11.4. The van der Waals surface area contributed by atoms with Crippen LogP contribution in [-0.2, 0) is 11.2 Å². The van der Waals surface area contributed by atoms with Gasteiger partial charge in [-0.05, 0) is 40.0 Å². The summed E-state index contributed by atoms with van der Waals surface area (Å²) in [4.78, 5) is 10.5. The predicted molar refractivity (Wildman–Crippen MR) is 63.1 cm³/mol. The Kier molecular flexibility index (Phi) is 4.44. The quantitative estimate of drug-likeness (QED) is 0.582. The normalized spacial score (nSPS) is 12.2. The van der Waals surface area contributed by atoms with Crippen LogP contribution in [-0.4, -0.2) is 17.1 Å². The van der Waals surface area contributed by atoms with Crippen LogP contribution in [0.15, 0.2) is 22.7 Å². The van der Waals surface area contributed by atoms with Gasteiger partial charge in [0.05, 0.1) is 4.47 Å². The Hall–Kier alpha value is -0.720. The molecule has 0 aliphatic heterocycles. The first kappa shape index (κ1) is 12.4. The standard InChI is InChI=1S/C9H10BrNO3S/c10-6-3-5(1-2-8(6)14-15)4-7(11)9(12)13/h1-3,7,15H,4,11H2,(H,12,13). The van der Waals surface area contributed by atoms with E-state index in [9.17, 15) is 4.79 Å². The molecule has 0 heterocycles. The van der Waals surface area contributed by atoms with Gasteiger partial charge in [0.2, 0.25) is 0 Å². The van der Waals surface area contributed by atoms with Crippen LogP contribution in [0.3, 0.4) is 0 Å². The SMILES string of the molecule is NC(Cc1ccc(OS)c(Br)c1)C(=O)O. The van der Waals surface area contributed by atoms with Crippen molar-refractivity contribution < 1.29 is 14.1 Å². The Morgan fingerprint density at radius 1 is 1.67 bits per heavy atom. The Bertz CT molecular complexity index is 372. The predicted octanol–water partition coefficient (Wildman–Crippen LogP) is 1.63. The van der Waals surface area contributed by atoms with Gasteiger partial charge in [0.25, 0.3) is 0 Å². The minimum Gasteiger partial charge on any atom is -0.480 e. The third kappa shape index (κ3) is 3.40. The molecule has 4 nitrogen and oxygen atoms in total. The summed E-state index contributed by atoms with van der Waals surface area (Å²) in [7, 11) is 0. The van der Waals surface area contributed by atoms with Crippen molar-refractivity contribution in [1.82, 2.24) is 0 Å². The van der Waals surface area contributed by atoms with Crippen LogP contribution in [0, 0.1) is 0 Å². The number of halogens is 1. The van der Waals surface area contributed by atoms with E-state index < -0.39 is 12.0 Å². The maximum atomic E-state index is 10.5. The minimum absolute atomic E-state index is 0.279. The molecule has 1 aromatic carbocycles. The van der Waals surface area contributed by atoms with Crippen LogP contribution in [0.1, 0.15) is 5.56 Å². The van der Waals surface area contributed by atoms with E-state index >= 15 is 0 Å². The molecular formula is C9H10BrNO3S. The van der Waals surface area contributed by atoms with Crippen LogP contribution in [0.4, 0.5) is 0 Å². The summed E-state index contributed by atoms with van der Waals surface area (Å²) in [5, 5.41) is 8.64. The molecule has 6 heteroatoms. The average Bonchev–Trinajstić information content (AvgIpc) is 2.18. The van der Waals surface area contributed by atoms with Crippen molar-refractivity contribution in [3.63, 3.8) is 0 Å². The summed E-state index contributed by atoms with van der Waals surface area (Å²) >= 11 is 6.94.